The molecule has 0 aromatic rings. The number of carbonyl (C=O) groups excluding carboxylic acids is 1. The average Bonchev–Trinajstić information content (AvgIpc) is 2.90. The molecule has 2 saturated heterocycles. The highest BCUT2D eigenvalue weighted by molar-refractivity contribution is 5.87. The van der Waals surface area contributed by atoms with Gasteiger partial charge in [-0.1, -0.05) is 13.8 Å². The standard InChI is InChI=1S/C13H25N3O/c1-4-13(3)12(17)16(10-14-13)9-11-6-7-15(5-2)8-11/h11,14H,4-10H2,1-3H3. The van der Waals surface area contributed by atoms with Gasteiger partial charge in [0.2, 0.25) is 5.91 Å². The second-order valence-electron chi connectivity index (χ2n) is 5.60. The number of carbonyl (C=O) groups is 1. The van der Waals surface area contributed by atoms with Gasteiger partial charge >= 0.3 is 0 Å². The second kappa shape index (κ2) is 4.94. The summed E-state index contributed by atoms with van der Waals surface area (Å²) < 4.78 is 0. The van der Waals surface area contributed by atoms with E-state index in [0.29, 0.717) is 5.92 Å². The Morgan fingerprint density at radius 2 is 2.24 bits per heavy atom. The van der Waals surface area contributed by atoms with Gasteiger partial charge in [0.1, 0.15) is 0 Å². The Balaban J connectivity index is 1.87. The van der Waals surface area contributed by atoms with E-state index in [1.165, 1.54) is 13.0 Å². The minimum atomic E-state index is -0.316. The van der Waals surface area contributed by atoms with Crippen LogP contribution in [0.1, 0.15) is 33.6 Å². The smallest absolute Gasteiger partial charge is 0.243 e. The van der Waals surface area contributed by atoms with Crippen LogP contribution in [0.25, 0.3) is 0 Å². The molecule has 0 bridgehead atoms. The number of hydrogen-bond acceptors (Lipinski definition) is 3. The Labute approximate surface area is 104 Å². The van der Waals surface area contributed by atoms with Crippen LogP contribution in [0.5, 0.6) is 0 Å². The Kier molecular flexibility index (Phi) is 3.73. The first-order valence-electron chi connectivity index (χ1n) is 6.85. The van der Waals surface area contributed by atoms with Crippen LogP contribution >= 0.6 is 0 Å². The van der Waals surface area contributed by atoms with Gasteiger partial charge in [0, 0.05) is 13.1 Å². The maximum Gasteiger partial charge on any atom is 0.243 e. The lowest BCUT2D eigenvalue weighted by Crippen LogP contribution is -2.43. The van der Waals surface area contributed by atoms with E-state index in [-0.39, 0.29) is 11.4 Å². The van der Waals surface area contributed by atoms with E-state index in [1.54, 1.807) is 0 Å². The van der Waals surface area contributed by atoms with Gasteiger partial charge in [-0.25, -0.2) is 0 Å². The lowest BCUT2D eigenvalue weighted by molar-refractivity contribution is -0.132. The third-order valence-corrected chi connectivity index (χ3v) is 4.42. The largest absolute Gasteiger partial charge is 0.328 e. The quantitative estimate of drug-likeness (QED) is 0.791. The molecule has 0 aromatic carbocycles. The fourth-order valence-corrected chi connectivity index (χ4v) is 2.85. The van der Waals surface area contributed by atoms with Crippen LogP contribution in [0.3, 0.4) is 0 Å². The van der Waals surface area contributed by atoms with Crippen molar-refractivity contribution in [3.8, 4) is 0 Å². The maximum absolute atomic E-state index is 12.2. The minimum absolute atomic E-state index is 0.287. The van der Waals surface area contributed by atoms with Gasteiger partial charge in [-0.15, -0.1) is 0 Å². The summed E-state index contributed by atoms with van der Waals surface area (Å²) in [5, 5.41) is 3.34. The van der Waals surface area contributed by atoms with Gasteiger partial charge in [-0.3, -0.25) is 10.1 Å². The first-order valence-corrected chi connectivity index (χ1v) is 6.85. The minimum Gasteiger partial charge on any atom is -0.328 e. The molecular weight excluding hydrogens is 214 g/mol. The van der Waals surface area contributed by atoms with Crippen LogP contribution in [-0.4, -0.2) is 54.1 Å². The zero-order valence-electron chi connectivity index (χ0n) is 11.3. The molecule has 1 amide bonds. The predicted octanol–water partition coefficient (Wildman–Crippen LogP) is 0.886. The highest BCUT2D eigenvalue weighted by Crippen LogP contribution is 2.23. The van der Waals surface area contributed by atoms with E-state index in [4.69, 9.17) is 0 Å². The third kappa shape index (κ3) is 2.47. The van der Waals surface area contributed by atoms with Crippen molar-refractivity contribution < 1.29 is 4.79 Å². The fraction of sp³-hybridized carbons (Fsp3) is 0.923. The number of nitrogens with zero attached hydrogens (tertiary/aromatic N) is 2. The summed E-state index contributed by atoms with van der Waals surface area (Å²) in [6.07, 6.45) is 2.11. The Bertz CT molecular complexity index is 294. The van der Waals surface area contributed by atoms with Crippen LogP contribution in [0, 0.1) is 5.92 Å². The highest BCUT2D eigenvalue weighted by atomic mass is 16.2. The molecule has 0 aromatic heterocycles. The van der Waals surface area contributed by atoms with Gasteiger partial charge in [0.15, 0.2) is 0 Å². The molecule has 2 aliphatic heterocycles. The molecule has 0 saturated carbocycles. The van der Waals surface area contributed by atoms with E-state index in [9.17, 15) is 4.79 Å². The molecule has 4 heteroatoms. The third-order valence-electron chi connectivity index (χ3n) is 4.42. The van der Waals surface area contributed by atoms with E-state index >= 15 is 0 Å². The van der Waals surface area contributed by atoms with Crippen molar-refractivity contribution in [1.82, 2.24) is 15.1 Å². The van der Waals surface area contributed by atoms with Crippen molar-refractivity contribution in [1.29, 1.82) is 0 Å². The average molecular weight is 239 g/mol. The Morgan fingerprint density at radius 1 is 1.47 bits per heavy atom. The van der Waals surface area contributed by atoms with Gasteiger partial charge in [-0.2, -0.15) is 0 Å². The van der Waals surface area contributed by atoms with Crippen molar-refractivity contribution in [2.45, 2.75) is 39.2 Å². The fourth-order valence-electron chi connectivity index (χ4n) is 2.85. The molecule has 2 aliphatic rings. The number of rotatable bonds is 4. The Hall–Kier alpha value is -0.610. The normalized spacial score (nSPS) is 34.9. The number of likely N-dealkylation sites (tertiary alicyclic amines) is 1. The summed E-state index contributed by atoms with van der Waals surface area (Å²) in [4.78, 5) is 16.7. The van der Waals surface area contributed by atoms with Crippen LogP contribution in [-0.2, 0) is 4.79 Å². The lowest BCUT2D eigenvalue weighted by atomic mass is 9.99. The van der Waals surface area contributed by atoms with Crippen LogP contribution in [0.4, 0.5) is 0 Å². The highest BCUT2D eigenvalue weighted by Gasteiger charge is 2.41. The molecule has 2 fully saturated rings. The summed E-state index contributed by atoms with van der Waals surface area (Å²) in [5.41, 5.74) is -0.316. The number of amides is 1. The van der Waals surface area contributed by atoms with Gasteiger partial charge < -0.3 is 9.80 Å². The first-order chi connectivity index (χ1) is 8.09. The molecule has 2 heterocycles. The van der Waals surface area contributed by atoms with Crippen molar-refractivity contribution in [2.24, 2.45) is 5.92 Å². The molecule has 17 heavy (non-hydrogen) atoms. The molecule has 98 valence electrons. The van der Waals surface area contributed by atoms with Crippen LogP contribution < -0.4 is 5.32 Å². The molecule has 2 rings (SSSR count). The molecule has 0 spiro atoms. The van der Waals surface area contributed by atoms with Crippen molar-refractivity contribution >= 4 is 5.91 Å². The van der Waals surface area contributed by atoms with Crippen LogP contribution in [0.15, 0.2) is 0 Å². The molecular formula is C13H25N3O. The maximum atomic E-state index is 12.2. The lowest BCUT2D eigenvalue weighted by Gasteiger charge is -2.23. The summed E-state index contributed by atoms with van der Waals surface area (Å²) in [6, 6.07) is 0. The zero-order valence-corrected chi connectivity index (χ0v) is 11.3. The van der Waals surface area contributed by atoms with E-state index in [0.717, 1.165) is 32.7 Å². The molecule has 0 radical (unpaired) electrons. The SMILES string of the molecule is CCN1CCC(CN2CNC(C)(CC)C2=O)C1. The van der Waals surface area contributed by atoms with Crippen LogP contribution in [0.2, 0.25) is 0 Å². The summed E-state index contributed by atoms with van der Waals surface area (Å²) in [6.45, 7) is 11.4. The van der Waals surface area contributed by atoms with Gasteiger partial charge in [0.25, 0.3) is 0 Å². The van der Waals surface area contributed by atoms with E-state index in [2.05, 4.69) is 24.1 Å². The van der Waals surface area contributed by atoms with Gasteiger partial charge in [-0.05, 0) is 38.8 Å². The summed E-state index contributed by atoms with van der Waals surface area (Å²) >= 11 is 0. The Morgan fingerprint density at radius 3 is 2.76 bits per heavy atom. The van der Waals surface area contributed by atoms with Crippen molar-refractivity contribution in [3.05, 3.63) is 0 Å². The number of hydrogen-bond donors (Lipinski definition) is 1. The van der Waals surface area contributed by atoms with Gasteiger partial charge in [0.05, 0.1) is 12.2 Å². The monoisotopic (exact) mass is 239 g/mol. The molecule has 4 nitrogen and oxygen atoms in total. The summed E-state index contributed by atoms with van der Waals surface area (Å²) in [5.74, 6) is 0.954. The molecule has 2 atom stereocenters. The van der Waals surface area contributed by atoms with Crippen molar-refractivity contribution in [3.63, 3.8) is 0 Å². The van der Waals surface area contributed by atoms with Crippen molar-refractivity contribution in [2.75, 3.05) is 32.8 Å². The molecule has 0 aliphatic carbocycles. The second-order valence-corrected chi connectivity index (χ2v) is 5.60. The van der Waals surface area contributed by atoms with E-state index in [1.807, 2.05) is 11.8 Å². The predicted molar refractivity (Wildman–Crippen MR) is 68.6 cm³/mol. The first kappa shape index (κ1) is 12.8. The van der Waals surface area contributed by atoms with E-state index < -0.39 is 0 Å². The number of nitrogens with one attached hydrogen (secondary N) is 1. The summed E-state index contributed by atoms with van der Waals surface area (Å²) in [7, 11) is 0. The molecule has 2 unspecified atom stereocenters. The zero-order chi connectivity index (χ0) is 12.5. The topological polar surface area (TPSA) is 35.6 Å². The molecule has 1 N–H and O–H groups in total.